The van der Waals surface area contributed by atoms with Crippen LogP contribution in [0.1, 0.15) is 44.6 Å². The molecule has 5 atom stereocenters. The predicted octanol–water partition coefficient (Wildman–Crippen LogP) is 4.53. The number of aliphatic hydroxyl groups is 3. The van der Waals surface area contributed by atoms with Crippen LogP contribution in [-0.4, -0.2) is 64.2 Å². The number of aliphatic hydroxyl groups excluding tert-OH is 3. The summed E-state index contributed by atoms with van der Waals surface area (Å²) in [6.45, 7) is 1.77. The summed E-state index contributed by atoms with van der Waals surface area (Å²) in [4.78, 5) is 24.9. The van der Waals surface area contributed by atoms with Gasteiger partial charge in [-0.3, -0.25) is 9.59 Å². The SMILES string of the molecule is CCCCCC(=O)OC[C@H]1O[C@@H](CC(=O)/C=C/c2ccc3ccc4cccc5ccc2c3c45)[C@H](O)[C@@H](O)[C@@H]1O. The van der Waals surface area contributed by atoms with Gasteiger partial charge in [0.05, 0.1) is 6.10 Å². The second-order valence-corrected chi connectivity index (χ2v) is 10.3. The van der Waals surface area contributed by atoms with Gasteiger partial charge in [-0.15, -0.1) is 0 Å². The van der Waals surface area contributed by atoms with Crippen molar-refractivity contribution in [2.45, 2.75) is 69.5 Å². The molecular weight excluding hydrogens is 496 g/mol. The number of allylic oxidation sites excluding steroid dienone is 1. The lowest BCUT2D eigenvalue weighted by Crippen LogP contribution is -2.59. The van der Waals surface area contributed by atoms with Crippen molar-refractivity contribution >= 4 is 50.1 Å². The van der Waals surface area contributed by atoms with Crippen molar-refractivity contribution in [2.24, 2.45) is 0 Å². The first-order valence-corrected chi connectivity index (χ1v) is 13.6. The van der Waals surface area contributed by atoms with Crippen LogP contribution in [0.15, 0.2) is 60.7 Å². The fraction of sp³-hybridized carbons (Fsp3) is 0.375. The van der Waals surface area contributed by atoms with E-state index in [9.17, 15) is 24.9 Å². The molecule has 1 aliphatic heterocycles. The average Bonchev–Trinajstić information content (AvgIpc) is 2.95. The summed E-state index contributed by atoms with van der Waals surface area (Å²) in [6, 6.07) is 18.6. The Balaban J connectivity index is 1.28. The molecule has 39 heavy (non-hydrogen) atoms. The molecule has 3 N–H and O–H groups in total. The Morgan fingerprint density at radius 2 is 1.51 bits per heavy atom. The van der Waals surface area contributed by atoms with Crippen LogP contribution in [-0.2, 0) is 19.1 Å². The molecule has 0 spiro atoms. The number of hydrogen-bond acceptors (Lipinski definition) is 7. The Morgan fingerprint density at radius 1 is 0.846 bits per heavy atom. The first-order valence-electron chi connectivity index (χ1n) is 13.6. The standard InChI is InChI=1S/C32H34O7/c1-2-3-4-8-27(34)38-18-26-31(36)32(37)30(35)25(39-26)17-23(33)15-13-19-9-10-22-12-11-20-6-5-7-21-14-16-24(19)29(22)28(20)21/h5-7,9-16,25-26,30-32,35-37H,2-4,8,17-18H2,1H3/b15-13+/t25-,26+,30-,31+,32+/m0/s1. The largest absolute Gasteiger partial charge is 0.463 e. The van der Waals surface area contributed by atoms with Gasteiger partial charge in [0.15, 0.2) is 5.78 Å². The van der Waals surface area contributed by atoms with Crippen LogP contribution < -0.4 is 0 Å². The summed E-state index contributed by atoms with van der Waals surface area (Å²) in [5, 5.41) is 38.0. The van der Waals surface area contributed by atoms with Gasteiger partial charge in [-0.05, 0) is 50.4 Å². The van der Waals surface area contributed by atoms with Crippen molar-refractivity contribution in [1.82, 2.24) is 0 Å². The van der Waals surface area contributed by atoms with Crippen LogP contribution in [0, 0.1) is 0 Å². The molecule has 5 rings (SSSR count). The third-order valence-corrected chi connectivity index (χ3v) is 7.62. The van der Waals surface area contributed by atoms with E-state index in [1.54, 1.807) is 6.08 Å². The van der Waals surface area contributed by atoms with E-state index in [2.05, 4.69) is 36.4 Å². The first-order chi connectivity index (χ1) is 18.9. The molecular formula is C32H34O7. The van der Waals surface area contributed by atoms with Crippen LogP contribution in [0.4, 0.5) is 0 Å². The highest BCUT2D eigenvalue weighted by atomic mass is 16.6. The van der Waals surface area contributed by atoms with E-state index in [-0.39, 0.29) is 25.2 Å². The van der Waals surface area contributed by atoms with E-state index < -0.39 is 36.5 Å². The third kappa shape index (κ3) is 5.68. The van der Waals surface area contributed by atoms with Crippen LogP contribution in [0.5, 0.6) is 0 Å². The fourth-order valence-corrected chi connectivity index (χ4v) is 5.45. The molecule has 7 nitrogen and oxygen atoms in total. The number of carbonyl (C=O) groups excluding carboxylic acids is 2. The van der Waals surface area contributed by atoms with Gasteiger partial charge in [0, 0.05) is 12.8 Å². The molecule has 204 valence electrons. The maximum Gasteiger partial charge on any atom is 0.305 e. The van der Waals surface area contributed by atoms with Crippen LogP contribution in [0.25, 0.3) is 38.4 Å². The monoisotopic (exact) mass is 530 g/mol. The van der Waals surface area contributed by atoms with Crippen LogP contribution >= 0.6 is 0 Å². The summed E-state index contributed by atoms with van der Waals surface area (Å²) in [6.07, 6.45) is -0.660. The lowest BCUT2D eigenvalue weighted by Gasteiger charge is -2.40. The van der Waals surface area contributed by atoms with Gasteiger partial charge in [0.2, 0.25) is 0 Å². The Morgan fingerprint density at radius 3 is 2.26 bits per heavy atom. The zero-order valence-electron chi connectivity index (χ0n) is 22.0. The molecule has 0 unspecified atom stereocenters. The maximum absolute atomic E-state index is 12.9. The molecule has 0 radical (unpaired) electrons. The highest BCUT2D eigenvalue weighted by Gasteiger charge is 2.44. The molecule has 0 bridgehead atoms. The normalized spacial score (nSPS) is 23.7. The van der Waals surface area contributed by atoms with Crippen molar-refractivity contribution < 1.29 is 34.4 Å². The zero-order chi connectivity index (χ0) is 27.5. The Labute approximate surface area is 227 Å². The average molecular weight is 531 g/mol. The molecule has 1 aliphatic rings. The topological polar surface area (TPSA) is 113 Å². The smallest absolute Gasteiger partial charge is 0.305 e. The lowest BCUT2D eigenvalue weighted by atomic mass is 9.91. The molecule has 7 heteroatoms. The predicted molar refractivity (Wildman–Crippen MR) is 151 cm³/mol. The van der Waals surface area contributed by atoms with E-state index >= 15 is 0 Å². The van der Waals surface area contributed by atoms with Crippen molar-refractivity contribution in [2.75, 3.05) is 6.61 Å². The minimum Gasteiger partial charge on any atom is -0.463 e. The highest BCUT2D eigenvalue weighted by Crippen LogP contribution is 2.36. The molecule has 0 aromatic heterocycles. The fourth-order valence-electron chi connectivity index (χ4n) is 5.45. The molecule has 4 aromatic rings. The quantitative estimate of drug-likeness (QED) is 0.119. The molecule has 1 fully saturated rings. The van der Waals surface area contributed by atoms with Crippen molar-refractivity contribution in [3.05, 3.63) is 66.2 Å². The van der Waals surface area contributed by atoms with Gasteiger partial charge in [-0.2, -0.15) is 0 Å². The van der Waals surface area contributed by atoms with Crippen LogP contribution in [0.3, 0.4) is 0 Å². The van der Waals surface area contributed by atoms with Gasteiger partial charge < -0.3 is 24.8 Å². The van der Waals surface area contributed by atoms with Gasteiger partial charge in [-0.25, -0.2) is 0 Å². The highest BCUT2D eigenvalue weighted by molar-refractivity contribution is 6.24. The number of carbonyl (C=O) groups is 2. The summed E-state index contributed by atoms with van der Waals surface area (Å²) >= 11 is 0. The Kier molecular flexibility index (Phi) is 8.23. The minimum atomic E-state index is -1.53. The number of benzene rings is 4. The van der Waals surface area contributed by atoms with Crippen LogP contribution in [0.2, 0.25) is 0 Å². The molecule has 0 saturated carbocycles. The molecule has 1 saturated heterocycles. The second kappa shape index (κ2) is 11.8. The van der Waals surface area contributed by atoms with E-state index in [1.165, 1.54) is 11.5 Å². The number of unbranched alkanes of at least 4 members (excludes halogenated alkanes) is 2. The van der Waals surface area contributed by atoms with Crippen molar-refractivity contribution in [3.63, 3.8) is 0 Å². The summed E-state index contributed by atoms with van der Waals surface area (Å²) < 4.78 is 11.0. The number of ketones is 1. The molecule has 4 aromatic carbocycles. The van der Waals surface area contributed by atoms with Crippen molar-refractivity contribution in [1.29, 1.82) is 0 Å². The van der Waals surface area contributed by atoms with E-state index in [4.69, 9.17) is 9.47 Å². The maximum atomic E-state index is 12.9. The first kappa shape index (κ1) is 27.2. The van der Waals surface area contributed by atoms with Gasteiger partial charge in [-0.1, -0.05) is 80.4 Å². The third-order valence-electron chi connectivity index (χ3n) is 7.62. The Hall–Kier alpha value is -3.36. The minimum absolute atomic E-state index is 0.200. The second-order valence-electron chi connectivity index (χ2n) is 10.3. The molecule has 1 heterocycles. The summed E-state index contributed by atoms with van der Waals surface area (Å²) in [5.41, 5.74) is 0.891. The van der Waals surface area contributed by atoms with Gasteiger partial charge in [0.25, 0.3) is 0 Å². The summed E-state index contributed by atoms with van der Waals surface area (Å²) in [7, 11) is 0. The zero-order valence-corrected chi connectivity index (χ0v) is 22.0. The van der Waals surface area contributed by atoms with E-state index in [0.717, 1.165) is 45.3 Å². The number of hydrogen-bond donors (Lipinski definition) is 3. The van der Waals surface area contributed by atoms with E-state index in [0.29, 0.717) is 6.42 Å². The molecule has 0 amide bonds. The number of esters is 1. The summed E-state index contributed by atoms with van der Waals surface area (Å²) in [5.74, 6) is -0.715. The molecule has 0 aliphatic carbocycles. The van der Waals surface area contributed by atoms with Crippen molar-refractivity contribution in [3.8, 4) is 0 Å². The number of rotatable bonds is 10. The Bertz CT molecular complexity index is 1480. The van der Waals surface area contributed by atoms with E-state index in [1.807, 2.05) is 25.1 Å². The van der Waals surface area contributed by atoms with Gasteiger partial charge in [0.1, 0.15) is 31.0 Å². The van der Waals surface area contributed by atoms with Gasteiger partial charge >= 0.3 is 5.97 Å². The lowest BCUT2D eigenvalue weighted by molar-refractivity contribution is -0.232. The number of ether oxygens (including phenoxy) is 2.